The standard InChI is InChI=1S/C20H19N5O2/c1-2-3-6-16-13-25(24-21-16)17-10-8-14(9-11-17)19-22-23-20(27-19)15-5-4-7-18(26)12-15/h4-5,7-13,26H,2-3,6H2,1H3. The fourth-order valence-electron chi connectivity index (χ4n) is 2.75. The molecule has 2 aromatic carbocycles. The molecule has 4 aromatic rings. The fraction of sp³-hybridized carbons (Fsp3) is 0.200. The summed E-state index contributed by atoms with van der Waals surface area (Å²) in [5.74, 6) is 0.937. The zero-order valence-electron chi connectivity index (χ0n) is 14.9. The van der Waals surface area contributed by atoms with Gasteiger partial charge in [-0.2, -0.15) is 0 Å². The summed E-state index contributed by atoms with van der Waals surface area (Å²) in [5.41, 5.74) is 3.40. The van der Waals surface area contributed by atoms with Crippen molar-refractivity contribution >= 4 is 0 Å². The van der Waals surface area contributed by atoms with E-state index in [0.717, 1.165) is 36.2 Å². The highest BCUT2D eigenvalue weighted by Crippen LogP contribution is 2.26. The van der Waals surface area contributed by atoms with Crippen molar-refractivity contribution in [2.75, 3.05) is 0 Å². The minimum absolute atomic E-state index is 0.155. The van der Waals surface area contributed by atoms with Gasteiger partial charge in [-0.15, -0.1) is 15.3 Å². The third-order valence-corrected chi connectivity index (χ3v) is 4.22. The summed E-state index contributed by atoms with van der Waals surface area (Å²) in [4.78, 5) is 0. The lowest BCUT2D eigenvalue weighted by atomic mass is 10.2. The Morgan fingerprint density at radius 3 is 2.48 bits per heavy atom. The first-order valence-corrected chi connectivity index (χ1v) is 8.88. The van der Waals surface area contributed by atoms with Gasteiger partial charge in [-0.25, -0.2) is 4.68 Å². The van der Waals surface area contributed by atoms with E-state index in [1.807, 2.05) is 30.5 Å². The van der Waals surface area contributed by atoms with Crippen LogP contribution in [0.1, 0.15) is 25.5 Å². The van der Waals surface area contributed by atoms with E-state index in [-0.39, 0.29) is 5.75 Å². The Morgan fingerprint density at radius 2 is 1.74 bits per heavy atom. The summed E-state index contributed by atoms with van der Waals surface area (Å²) >= 11 is 0. The normalized spacial score (nSPS) is 11.0. The van der Waals surface area contributed by atoms with Crippen LogP contribution in [0.2, 0.25) is 0 Å². The highest BCUT2D eigenvalue weighted by atomic mass is 16.4. The number of unbranched alkanes of at least 4 members (excludes halogenated alkanes) is 1. The van der Waals surface area contributed by atoms with Gasteiger partial charge < -0.3 is 9.52 Å². The highest BCUT2D eigenvalue weighted by Gasteiger charge is 2.11. The van der Waals surface area contributed by atoms with Gasteiger partial charge in [0, 0.05) is 11.1 Å². The van der Waals surface area contributed by atoms with E-state index in [2.05, 4.69) is 27.4 Å². The maximum atomic E-state index is 9.58. The molecule has 0 aliphatic carbocycles. The van der Waals surface area contributed by atoms with Gasteiger partial charge in [0.15, 0.2) is 0 Å². The number of hydrogen-bond donors (Lipinski definition) is 1. The van der Waals surface area contributed by atoms with Gasteiger partial charge in [0.1, 0.15) is 5.75 Å². The molecule has 0 saturated heterocycles. The lowest BCUT2D eigenvalue weighted by Crippen LogP contribution is -1.94. The molecule has 0 spiro atoms. The van der Waals surface area contributed by atoms with Crippen LogP contribution >= 0.6 is 0 Å². The summed E-state index contributed by atoms with van der Waals surface area (Å²) in [6, 6.07) is 14.4. The zero-order chi connectivity index (χ0) is 18.6. The summed E-state index contributed by atoms with van der Waals surface area (Å²) in [5, 5.41) is 26.1. The molecule has 0 unspecified atom stereocenters. The fourth-order valence-corrected chi connectivity index (χ4v) is 2.75. The molecule has 0 radical (unpaired) electrons. The first-order valence-electron chi connectivity index (χ1n) is 8.88. The molecule has 2 heterocycles. The van der Waals surface area contributed by atoms with Crippen molar-refractivity contribution in [2.24, 2.45) is 0 Å². The number of rotatable bonds is 6. The van der Waals surface area contributed by atoms with E-state index in [4.69, 9.17) is 4.42 Å². The minimum atomic E-state index is 0.155. The van der Waals surface area contributed by atoms with E-state index in [1.54, 1.807) is 28.9 Å². The number of nitrogens with zero attached hydrogens (tertiary/aromatic N) is 5. The number of aromatic hydroxyl groups is 1. The number of hydrogen-bond acceptors (Lipinski definition) is 6. The molecule has 136 valence electrons. The van der Waals surface area contributed by atoms with Crippen LogP contribution in [0.15, 0.2) is 59.1 Å². The van der Waals surface area contributed by atoms with Crippen LogP contribution in [0.3, 0.4) is 0 Å². The third kappa shape index (κ3) is 3.72. The summed E-state index contributed by atoms with van der Waals surface area (Å²) in [6.07, 6.45) is 5.14. The minimum Gasteiger partial charge on any atom is -0.508 e. The number of phenolic OH excluding ortho intramolecular Hbond substituents is 1. The third-order valence-electron chi connectivity index (χ3n) is 4.22. The average molecular weight is 361 g/mol. The van der Waals surface area contributed by atoms with Crippen LogP contribution in [0.4, 0.5) is 0 Å². The Hall–Kier alpha value is -3.48. The Labute approximate surface area is 156 Å². The van der Waals surface area contributed by atoms with Gasteiger partial charge in [0.2, 0.25) is 11.8 Å². The maximum absolute atomic E-state index is 9.58. The van der Waals surface area contributed by atoms with Gasteiger partial charge in [-0.1, -0.05) is 24.6 Å². The van der Waals surface area contributed by atoms with Crippen molar-refractivity contribution in [3.8, 4) is 34.3 Å². The van der Waals surface area contributed by atoms with Gasteiger partial charge in [0.25, 0.3) is 0 Å². The van der Waals surface area contributed by atoms with Crippen LogP contribution in [-0.4, -0.2) is 30.3 Å². The molecule has 2 aromatic heterocycles. The molecule has 7 heteroatoms. The topological polar surface area (TPSA) is 89.9 Å². The molecule has 0 atom stereocenters. The molecule has 4 rings (SSSR count). The van der Waals surface area contributed by atoms with Crippen molar-refractivity contribution in [1.29, 1.82) is 0 Å². The maximum Gasteiger partial charge on any atom is 0.248 e. The molecule has 0 saturated carbocycles. The second-order valence-corrected chi connectivity index (χ2v) is 6.27. The molecular formula is C20H19N5O2. The van der Waals surface area contributed by atoms with E-state index < -0.39 is 0 Å². The molecule has 0 aliphatic heterocycles. The molecule has 0 aliphatic rings. The van der Waals surface area contributed by atoms with E-state index in [1.165, 1.54) is 0 Å². The SMILES string of the molecule is CCCCc1cn(-c2ccc(-c3nnc(-c4cccc(O)c4)o3)cc2)nn1. The van der Waals surface area contributed by atoms with Crippen LogP contribution in [0.5, 0.6) is 5.75 Å². The smallest absolute Gasteiger partial charge is 0.248 e. The van der Waals surface area contributed by atoms with E-state index in [9.17, 15) is 5.11 Å². The lowest BCUT2D eigenvalue weighted by Gasteiger charge is -2.01. The molecule has 0 bridgehead atoms. The highest BCUT2D eigenvalue weighted by molar-refractivity contribution is 5.60. The molecule has 0 amide bonds. The summed E-state index contributed by atoms with van der Waals surface area (Å²) in [6.45, 7) is 2.16. The molecule has 27 heavy (non-hydrogen) atoms. The quantitative estimate of drug-likeness (QED) is 0.557. The van der Waals surface area contributed by atoms with Crippen LogP contribution in [-0.2, 0) is 6.42 Å². The first kappa shape index (κ1) is 17.0. The van der Waals surface area contributed by atoms with Gasteiger partial charge in [-0.3, -0.25) is 0 Å². The van der Waals surface area contributed by atoms with E-state index in [0.29, 0.717) is 17.3 Å². The summed E-state index contributed by atoms with van der Waals surface area (Å²) in [7, 11) is 0. The monoisotopic (exact) mass is 361 g/mol. The Balaban J connectivity index is 1.53. The number of aryl methyl sites for hydroxylation is 1. The van der Waals surface area contributed by atoms with Crippen LogP contribution < -0.4 is 0 Å². The van der Waals surface area contributed by atoms with Crippen molar-refractivity contribution in [3.63, 3.8) is 0 Å². The molecule has 7 nitrogen and oxygen atoms in total. The van der Waals surface area contributed by atoms with Crippen molar-refractivity contribution < 1.29 is 9.52 Å². The Kier molecular flexibility index (Phi) is 4.65. The molecular weight excluding hydrogens is 342 g/mol. The largest absolute Gasteiger partial charge is 0.508 e. The van der Waals surface area contributed by atoms with Gasteiger partial charge >= 0.3 is 0 Å². The Morgan fingerprint density at radius 1 is 0.963 bits per heavy atom. The second-order valence-electron chi connectivity index (χ2n) is 6.27. The van der Waals surface area contributed by atoms with Crippen molar-refractivity contribution in [3.05, 3.63) is 60.4 Å². The number of benzene rings is 2. The lowest BCUT2D eigenvalue weighted by molar-refractivity contribution is 0.475. The second kappa shape index (κ2) is 7.41. The zero-order valence-corrected chi connectivity index (χ0v) is 14.9. The molecule has 1 N–H and O–H groups in total. The van der Waals surface area contributed by atoms with E-state index >= 15 is 0 Å². The number of aromatic nitrogens is 5. The average Bonchev–Trinajstić information content (AvgIpc) is 3.36. The van der Waals surface area contributed by atoms with Crippen LogP contribution in [0.25, 0.3) is 28.6 Å². The first-order chi connectivity index (χ1) is 13.2. The predicted octanol–water partition coefficient (Wildman–Crippen LogP) is 4.03. The van der Waals surface area contributed by atoms with Gasteiger partial charge in [-0.05, 0) is 55.3 Å². The van der Waals surface area contributed by atoms with Crippen molar-refractivity contribution in [2.45, 2.75) is 26.2 Å². The summed E-state index contributed by atoms with van der Waals surface area (Å²) < 4.78 is 7.50. The Bertz CT molecular complexity index is 1040. The van der Waals surface area contributed by atoms with Gasteiger partial charge in [0.05, 0.1) is 17.6 Å². The van der Waals surface area contributed by atoms with Crippen LogP contribution in [0, 0.1) is 0 Å². The predicted molar refractivity (Wildman–Crippen MR) is 100 cm³/mol. The van der Waals surface area contributed by atoms with Crippen molar-refractivity contribution in [1.82, 2.24) is 25.2 Å². The molecule has 0 fully saturated rings. The number of phenols is 1.